The van der Waals surface area contributed by atoms with E-state index >= 15 is 0 Å². The van der Waals surface area contributed by atoms with Gasteiger partial charge in [-0.15, -0.1) is 11.3 Å². The van der Waals surface area contributed by atoms with Crippen LogP contribution in [0.25, 0.3) is 10.1 Å². The number of aryl methyl sites for hydroxylation is 1. The summed E-state index contributed by atoms with van der Waals surface area (Å²) in [5, 5.41) is 1.02. The number of piperidine rings is 1. The number of amides is 1. The highest BCUT2D eigenvalue weighted by atomic mass is 32.1. The van der Waals surface area contributed by atoms with Crippen molar-refractivity contribution in [1.29, 1.82) is 0 Å². The molecule has 4 heteroatoms. The van der Waals surface area contributed by atoms with Crippen LogP contribution in [0.15, 0.2) is 18.2 Å². The summed E-state index contributed by atoms with van der Waals surface area (Å²) in [6.45, 7) is 5.05. The molecule has 20 heavy (non-hydrogen) atoms. The molecule has 0 spiro atoms. The lowest BCUT2D eigenvalue weighted by Gasteiger charge is -2.33. The highest BCUT2D eigenvalue weighted by Gasteiger charge is 2.27. The van der Waals surface area contributed by atoms with E-state index in [1.807, 2.05) is 17.0 Å². The van der Waals surface area contributed by atoms with E-state index in [4.69, 9.17) is 5.73 Å². The van der Waals surface area contributed by atoms with E-state index in [9.17, 15) is 4.79 Å². The van der Waals surface area contributed by atoms with E-state index in [0.717, 1.165) is 29.5 Å². The number of anilines is 1. The summed E-state index contributed by atoms with van der Waals surface area (Å²) in [4.78, 5) is 15.5. The minimum absolute atomic E-state index is 0.107. The van der Waals surface area contributed by atoms with Gasteiger partial charge in [0.2, 0.25) is 0 Å². The van der Waals surface area contributed by atoms with Gasteiger partial charge in [-0.1, -0.05) is 18.2 Å². The first-order valence-electron chi connectivity index (χ1n) is 7.18. The number of fused-ring (bicyclic) bond motifs is 1. The van der Waals surface area contributed by atoms with Crippen LogP contribution in [0.1, 0.15) is 41.4 Å². The molecule has 1 aliphatic rings. The highest BCUT2D eigenvalue weighted by molar-refractivity contribution is 7.21. The Morgan fingerprint density at radius 3 is 2.90 bits per heavy atom. The van der Waals surface area contributed by atoms with E-state index < -0.39 is 0 Å². The van der Waals surface area contributed by atoms with Gasteiger partial charge in [-0.05, 0) is 38.7 Å². The average molecular weight is 288 g/mol. The largest absolute Gasteiger partial charge is 0.397 e. The van der Waals surface area contributed by atoms with Crippen molar-refractivity contribution in [1.82, 2.24) is 4.90 Å². The molecule has 106 valence electrons. The van der Waals surface area contributed by atoms with E-state index in [1.165, 1.54) is 23.3 Å². The third-order valence-corrected chi connectivity index (χ3v) is 5.55. The number of benzene rings is 1. The topological polar surface area (TPSA) is 46.3 Å². The number of likely N-dealkylation sites (tertiary alicyclic amines) is 1. The zero-order valence-electron chi connectivity index (χ0n) is 12.0. The zero-order valence-corrected chi connectivity index (χ0v) is 12.8. The molecule has 1 unspecified atom stereocenters. The second kappa shape index (κ2) is 5.09. The SMILES string of the molecule is Cc1cccc2c(N)c(C(=O)N3CCCCC3C)sc12. The zero-order chi connectivity index (χ0) is 14.3. The predicted octanol–water partition coefficient (Wildman–Crippen LogP) is 3.81. The molecule has 2 aromatic rings. The molecule has 3 rings (SSSR count). The van der Waals surface area contributed by atoms with Crippen LogP contribution in [-0.4, -0.2) is 23.4 Å². The molecule has 1 saturated heterocycles. The monoisotopic (exact) mass is 288 g/mol. The van der Waals surface area contributed by atoms with Crippen LogP contribution in [-0.2, 0) is 0 Å². The fourth-order valence-electron chi connectivity index (χ4n) is 2.97. The minimum Gasteiger partial charge on any atom is -0.397 e. The molecule has 1 atom stereocenters. The lowest BCUT2D eigenvalue weighted by atomic mass is 10.0. The summed E-state index contributed by atoms with van der Waals surface area (Å²) in [6.07, 6.45) is 3.40. The summed E-state index contributed by atoms with van der Waals surface area (Å²) in [6, 6.07) is 6.39. The number of carbonyl (C=O) groups is 1. The lowest BCUT2D eigenvalue weighted by Crippen LogP contribution is -2.41. The maximum Gasteiger partial charge on any atom is 0.266 e. The Kier molecular flexibility index (Phi) is 3.42. The molecular weight excluding hydrogens is 268 g/mol. The summed E-state index contributed by atoms with van der Waals surface area (Å²) in [5.41, 5.74) is 8.06. The van der Waals surface area contributed by atoms with Gasteiger partial charge in [0.1, 0.15) is 4.88 Å². The predicted molar refractivity (Wildman–Crippen MR) is 85.3 cm³/mol. The van der Waals surface area contributed by atoms with Crippen LogP contribution in [0.2, 0.25) is 0 Å². The lowest BCUT2D eigenvalue weighted by molar-refractivity contribution is 0.0642. The number of nitrogens with two attached hydrogens (primary N) is 1. The van der Waals surface area contributed by atoms with Gasteiger partial charge in [0.15, 0.2) is 0 Å². The van der Waals surface area contributed by atoms with Crippen molar-refractivity contribution in [3.8, 4) is 0 Å². The fraction of sp³-hybridized carbons (Fsp3) is 0.438. The second-order valence-corrected chi connectivity index (χ2v) is 6.66. The normalized spacial score (nSPS) is 19.5. The van der Waals surface area contributed by atoms with Crippen LogP contribution < -0.4 is 5.73 Å². The third kappa shape index (κ3) is 2.08. The van der Waals surface area contributed by atoms with Gasteiger partial charge in [0, 0.05) is 22.7 Å². The molecule has 0 aliphatic carbocycles. The smallest absolute Gasteiger partial charge is 0.266 e. The highest BCUT2D eigenvalue weighted by Crippen LogP contribution is 2.37. The standard InChI is InChI=1S/C16H20N2OS/c1-10-6-5-8-12-13(17)15(20-14(10)12)16(19)18-9-4-3-7-11(18)2/h5-6,8,11H,3-4,7,9,17H2,1-2H3. The molecule has 2 N–H and O–H groups in total. The average Bonchev–Trinajstić information content (AvgIpc) is 2.78. The van der Waals surface area contributed by atoms with Crippen molar-refractivity contribution >= 4 is 33.0 Å². The molecule has 1 amide bonds. The molecule has 2 heterocycles. The van der Waals surface area contributed by atoms with E-state index in [-0.39, 0.29) is 5.91 Å². The molecule has 1 aromatic carbocycles. The number of carbonyl (C=O) groups excluding carboxylic acids is 1. The molecule has 1 fully saturated rings. The van der Waals surface area contributed by atoms with Crippen LogP contribution in [0.3, 0.4) is 0 Å². The second-order valence-electron chi connectivity index (χ2n) is 5.64. The van der Waals surface area contributed by atoms with Gasteiger partial charge in [-0.3, -0.25) is 4.79 Å². The number of rotatable bonds is 1. The molecule has 1 aromatic heterocycles. The van der Waals surface area contributed by atoms with Gasteiger partial charge in [0.25, 0.3) is 5.91 Å². The number of hydrogen-bond acceptors (Lipinski definition) is 3. The van der Waals surface area contributed by atoms with Gasteiger partial charge < -0.3 is 10.6 Å². The molecule has 3 nitrogen and oxygen atoms in total. The Morgan fingerprint density at radius 1 is 1.40 bits per heavy atom. The van der Waals surface area contributed by atoms with Crippen molar-refractivity contribution in [2.45, 2.75) is 39.2 Å². The van der Waals surface area contributed by atoms with Crippen LogP contribution in [0.5, 0.6) is 0 Å². The Hall–Kier alpha value is -1.55. The van der Waals surface area contributed by atoms with Gasteiger partial charge in [0.05, 0.1) is 5.69 Å². The van der Waals surface area contributed by atoms with Crippen molar-refractivity contribution < 1.29 is 4.79 Å². The fourth-order valence-corrected chi connectivity index (χ4v) is 4.11. The summed E-state index contributed by atoms with van der Waals surface area (Å²) < 4.78 is 1.14. The number of thiophene rings is 1. The quantitative estimate of drug-likeness (QED) is 0.867. The van der Waals surface area contributed by atoms with Gasteiger partial charge in [-0.2, -0.15) is 0 Å². The van der Waals surface area contributed by atoms with E-state index in [2.05, 4.69) is 19.9 Å². The van der Waals surface area contributed by atoms with E-state index in [1.54, 1.807) is 0 Å². The summed E-state index contributed by atoms with van der Waals surface area (Å²) in [5.74, 6) is 0.107. The molecule has 0 bridgehead atoms. The first-order valence-corrected chi connectivity index (χ1v) is 8.00. The maximum atomic E-state index is 12.8. The number of nitrogen functional groups attached to an aromatic ring is 1. The minimum atomic E-state index is 0.107. The van der Waals surface area contributed by atoms with Crippen LogP contribution in [0, 0.1) is 6.92 Å². The number of hydrogen-bond donors (Lipinski definition) is 1. The van der Waals surface area contributed by atoms with Gasteiger partial charge >= 0.3 is 0 Å². The Bertz CT molecular complexity index is 662. The Balaban J connectivity index is 2.03. The Labute approximate surface area is 123 Å². The maximum absolute atomic E-state index is 12.8. The molecule has 1 aliphatic heterocycles. The van der Waals surface area contributed by atoms with Crippen molar-refractivity contribution in [3.63, 3.8) is 0 Å². The molecule has 0 radical (unpaired) electrons. The van der Waals surface area contributed by atoms with Crippen molar-refractivity contribution in [2.24, 2.45) is 0 Å². The van der Waals surface area contributed by atoms with E-state index in [0.29, 0.717) is 16.6 Å². The summed E-state index contributed by atoms with van der Waals surface area (Å²) >= 11 is 1.54. The molecular formula is C16H20N2OS. The third-order valence-electron chi connectivity index (χ3n) is 4.21. The van der Waals surface area contributed by atoms with Crippen molar-refractivity contribution in [3.05, 3.63) is 28.6 Å². The number of nitrogens with zero attached hydrogens (tertiary/aromatic N) is 1. The van der Waals surface area contributed by atoms with Crippen molar-refractivity contribution in [2.75, 3.05) is 12.3 Å². The Morgan fingerprint density at radius 2 is 2.20 bits per heavy atom. The first-order chi connectivity index (χ1) is 9.59. The van der Waals surface area contributed by atoms with Gasteiger partial charge in [-0.25, -0.2) is 0 Å². The molecule has 0 saturated carbocycles. The first kappa shape index (κ1) is 13.4. The van der Waals surface area contributed by atoms with Crippen LogP contribution in [0.4, 0.5) is 5.69 Å². The van der Waals surface area contributed by atoms with Crippen LogP contribution >= 0.6 is 11.3 Å². The summed E-state index contributed by atoms with van der Waals surface area (Å²) in [7, 11) is 0.